The summed E-state index contributed by atoms with van der Waals surface area (Å²) in [6, 6.07) is 6.95. The van der Waals surface area contributed by atoms with Gasteiger partial charge in [-0.2, -0.15) is 0 Å². The van der Waals surface area contributed by atoms with Crippen molar-refractivity contribution in [2.75, 3.05) is 13.6 Å². The molecule has 1 unspecified atom stereocenters. The van der Waals surface area contributed by atoms with Crippen molar-refractivity contribution in [2.24, 2.45) is 5.41 Å². The molecule has 0 saturated carbocycles. The molecule has 116 valence electrons. The van der Waals surface area contributed by atoms with E-state index in [2.05, 4.69) is 5.32 Å². The molecule has 5 nitrogen and oxygen atoms in total. The van der Waals surface area contributed by atoms with Gasteiger partial charge in [0.05, 0.1) is 5.41 Å². The van der Waals surface area contributed by atoms with E-state index < -0.39 is 11.4 Å². The van der Waals surface area contributed by atoms with E-state index in [1.807, 2.05) is 12.1 Å². The molecular formula is C15H21ClN2O3. The van der Waals surface area contributed by atoms with Gasteiger partial charge >= 0.3 is 12.0 Å². The number of aliphatic carboxylic acids is 1. The smallest absolute Gasteiger partial charge is 0.317 e. The van der Waals surface area contributed by atoms with Gasteiger partial charge in [-0.25, -0.2) is 4.79 Å². The van der Waals surface area contributed by atoms with Crippen molar-refractivity contribution in [1.82, 2.24) is 10.2 Å². The molecule has 0 fully saturated rings. The number of urea groups is 1. The number of carboxylic acid groups (broad SMARTS) is 1. The Labute approximate surface area is 129 Å². The first-order chi connectivity index (χ1) is 9.78. The van der Waals surface area contributed by atoms with E-state index in [0.29, 0.717) is 18.0 Å². The number of rotatable bonds is 6. The fourth-order valence-corrected chi connectivity index (χ4v) is 1.95. The van der Waals surface area contributed by atoms with Crippen molar-refractivity contribution < 1.29 is 14.7 Å². The van der Waals surface area contributed by atoms with Crippen LogP contribution < -0.4 is 5.32 Å². The topological polar surface area (TPSA) is 69.6 Å². The van der Waals surface area contributed by atoms with Gasteiger partial charge in [0.2, 0.25) is 0 Å². The van der Waals surface area contributed by atoms with E-state index in [4.69, 9.17) is 11.6 Å². The molecule has 0 aliphatic carbocycles. The van der Waals surface area contributed by atoms with Crippen molar-refractivity contribution in [2.45, 2.75) is 26.8 Å². The molecule has 1 aromatic carbocycles. The van der Waals surface area contributed by atoms with Crippen LogP contribution in [0.1, 0.15) is 25.8 Å². The van der Waals surface area contributed by atoms with Crippen LogP contribution in [0, 0.1) is 5.41 Å². The second kappa shape index (κ2) is 7.31. The highest BCUT2D eigenvalue weighted by atomic mass is 35.5. The Hall–Kier alpha value is -1.75. The molecular weight excluding hydrogens is 292 g/mol. The van der Waals surface area contributed by atoms with Gasteiger partial charge in [0.1, 0.15) is 0 Å². The van der Waals surface area contributed by atoms with Crippen LogP contribution in [0.3, 0.4) is 0 Å². The van der Waals surface area contributed by atoms with Crippen LogP contribution in [0.25, 0.3) is 0 Å². The first kappa shape index (κ1) is 17.3. The molecule has 0 heterocycles. The molecule has 21 heavy (non-hydrogen) atoms. The average Bonchev–Trinajstić information content (AvgIpc) is 2.44. The second-order valence-corrected chi connectivity index (χ2v) is 5.80. The van der Waals surface area contributed by atoms with Gasteiger partial charge in [-0.1, -0.05) is 30.7 Å². The van der Waals surface area contributed by atoms with Crippen molar-refractivity contribution in [3.8, 4) is 0 Å². The fraction of sp³-hybridized carbons (Fsp3) is 0.467. The first-order valence-corrected chi connectivity index (χ1v) is 7.13. The summed E-state index contributed by atoms with van der Waals surface area (Å²) in [5.74, 6) is -0.914. The molecule has 2 N–H and O–H groups in total. The minimum Gasteiger partial charge on any atom is -0.481 e. The molecule has 0 saturated heterocycles. The third-order valence-corrected chi connectivity index (χ3v) is 3.82. The molecule has 0 bridgehead atoms. The van der Waals surface area contributed by atoms with E-state index >= 15 is 0 Å². The lowest BCUT2D eigenvalue weighted by molar-refractivity contribution is -0.147. The van der Waals surface area contributed by atoms with Gasteiger partial charge < -0.3 is 15.3 Å². The molecule has 1 aromatic rings. The van der Waals surface area contributed by atoms with Crippen molar-refractivity contribution in [3.63, 3.8) is 0 Å². The number of amides is 2. The van der Waals surface area contributed by atoms with Gasteiger partial charge in [-0.05, 0) is 31.0 Å². The van der Waals surface area contributed by atoms with E-state index in [9.17, 15) is 14.7 Å². The zero-order valence-corrected chi connectivity index (χ0v) is 13.3. The standard InChI is InChI=1S/C15H21ClN2O3/c1-4-15(2,13(19)20)10-17-14(21)18(3)9-11-6-5-7-12(16)8-11/h5-8H,4,9-10H2,1-3H3,(H,17,21)(H,19,20). The SMILES string of the molecule is CCC(C)(CNC(=O)N(C)Cc1cccc(Cl)c1)C(=O)O. The second-order valence-electron chi connectivity index (χ2n) is 5.36. The molecule has 1 atom stereocenters. The summed E-state index contributed by atoms with van der Waals surface area (Å²) in [5.41, 5.74) is -0.0383. The number of carbonyl (C=O) groups excluding carboxylic acids is 1. The predicted molar refractivity (Wildman–Crippen MR) is 82.4 cm³/mol. The Bertz CT molecular complexity index is 521. The molecule has 0 aromatic heterocycles. The number of carbonyl (C=O) groups is 2. The lowest BCUT2D eigenvalue weighted by atomic mass is 9.88. The molecule has 0 aliphatic heterocycles. The normalized spacial score (nSPS) is 13.3. The van der Waals surface area contributed by atoms with Crippen LogP contribution in [0.2, 0.25) is 5.02 Å². The largest absolute Gasteiger partial charge is 0.481 e. The van der Waals surface area contributed by atoms with Crippen molar-refractivity contribution in [1.29, 1.82) is 0 Å². The quantitative estimate of drug-likeness (QED) is 0.848. The molecule has 1 rings (SSSR count). The zero-order valence-electron chi connectivity index (χ0n) is 12.5. The maximum atomic E-state index is 12.0. The highest BCUT2D eigenvalue weighted by molar-refractivity contribution is 6.30. The van der Waals surface area contributed by atoms with Gasteiger partial charge in [0, 0.05) is 25.2 Å². The van der Waals surface area contributed by atoms with Gasteiger partial charge in [0.15, 0.2) is 0 Å². The Kier molecular flexibility index (Phi) is 6.03. The Morgan fingerprint density at radius 3 is 2.62 bits per heavy atom. The third kappa shape index (κ3) is 4.93. The van der Waals surface area contributed by atoms with Gasteiger partial charge in [-0.15, -0.1) is 0 Å². The van der Waals surface area contributed by atoms with Crippen LogP contribution in [-0.4, -0.2) is 35.6 Å². The summed E-state index contributed by atoms with van der Waals surface area (Å²) in [7, 11) is 1.65. The maximum absolute atomic E-state index is 12.0. The van der Waals surface area contributed by atoms with Crippen LogP contribution in [0.4, 0.5) is 4.79 Å². The summed E-state index contributed by atoms with van der Waals surface area (Å²) >= 11 is 5.90. The molecule has 0 radical (unpaired) electrons. The summed E-state index contributed by atoms with van der Waals surface area (Å²) in [6.45, 7) is 3.91. The van der Waals surface area contributed by atoms with E-state index in [-0.39, 0.29) is 12.6 Å². The van der Waals surface area contributed by atoms with Crippen LogP contribution in [0.5, 0.6) is 0 Å². The number of halogens is 1. The van der Waals surface area contributed by atoms with E-state index in [1.54, 1.807) is 33.0 Å². The lowest BCUT2D eigenvalue weighted by Crippen LogP contribution is -2.45. The predicted octanol–water partition coefficient (Wildman–Crippen LogP) is 2.98. The Morgan fingerprint density at radius 1 is 1.43 bits per heavy atom. The first-order valence-electron chi connectivity index (χ1n) is 6.75. The van der Waals surface area contributed by atoms with Gasteiger partial charge in [0.25, 0.3) is 0 Å². The molecule has 2 amide bonds. The maximum Gasteiger partial charge on any atom is 0.317 e. The molecule has 0 aliphatic rings. The summed E-state index contributed by atoms with van der Waals surface area (Å²) in [4.78, 5) is 24.7. The fourth-order valence-electron chi connectivity index (χ4n) is 1.74. The number of carboxylic acids is 1. The Balaban J connectivity index is 2.57. The third-order valence-electron chi connectivity index (χ3n) is 3.58. The zero-order chi connectivity index (χ0) is 16.0. The minimum absolute atomic E-state index is 0.0948. The van der Waals surface area contributed by atoms with Crippen LogP contribution in [-0.2, 0) is 11.3 Å². The molecule has 0 spiro atoms. The van der Waals surface area contributed by atoms with Gasteiger partial charge in [-0.3, -0.25) is 4.79 Å². The van der Waals surface area contributed by atoms with Crippen molar-refractivity contribution in [3.05, 3.63) is 34.9 Å². The summed E-state index contributed by atoms with van der Waals surface area (Å²) in [6.07, 6.45) is 0.445. The number of benzene rings is 1. The van der Waals surface area contributed by atoms with Crippen LogP contribution >= 0.6 is 11.6 Å². The highest BCUT2D eigenvalue weighted by Gasteiger charge is 2.31. The number of nitrogens with one attached hydrogen (secondary N) is 1. The average molecular weight is 313 g/mol. The molecule has 6 heteroatoms. The van der Waals surface area contributed by atoms with Crippen molar-refractivity contribution >= 4 is 23.6 Å². The minimum atomic E-state index is -0.952. The monoisotopic (exact) mass is 312 g/mol. The van der Waals surface area contributed by atoms with E-state index in [0.717, 1.165) is 5.56 Å². The van der Waals surface area contributed by atoms with E-state index in [1.165, 1.54) is 4.90 Å². The van der Waals surface area contributed by atoms with Crippen LogP contribution in [0.15, 0.2) is 24.3 Å². The lowest BCUT2D eigenvalue weighted by Gasteiger charge is -2.25. The number of nitrogens with zero attached hydrogens (tertiary/aromatic N) is 1. The summed E-state index contributed by atoms with van der Waals surface area (Å²) < 4.78 is 0. The highest BCUT2D eigenvalue weighted by Crippen LogP contribution is 2.20. The summed E-state index contributed by atoms with van der Waals surface area (Å²) in [5, 5.41) is 12.4. The Morgan fingerprint density at radius 2 is 2.10 bits per heavy atom. The number of hydrogen-bond acceptors (Lipinski definition) is 2. The number of hydrogen-bond donors (Lipinski definition) is 2.